The summed E-state index contributed by atoms with van der Waals surface area (Å²) in [5, 5.41) is 6.33. The van der Waals surface area contributed by atoms with Crippen LogP contribution in [0.15, 0.2) is 40.9 Å². The molecule has 0 saturated heterocycles. The van der Waals surface area contributed by atoms with Gasteiger partial charge in [-0.2, -0.15) is 0 Å². The van der Waals surface area contributed by atoms with E-state index in [4.69, 9.17) is 17.3 Å². The Hall–Kier alpha value is -1.72. The van der Waals surface area contributed by atoms with Crippen molar-refractivity contribution in [1.82, 2.24) is 5.32 Å². The number of rotatable bonds is 3. The molecule has 0 aliphatic rings. The first-order chi connectivity index (χ1) is 9.52. The lowest BCUT2D eigenvalue weighted by Crippen LogP contribution is -2.18. The zero-order valence-electron chi connectivity index (χ0n) is 10.7. The van der Waals surface area contributed by atoms with Crippen LogP contribution in [-0.4, -0.2) is 13.0 Å². The number of carbonyl (C=O) groups excluding carboxylic acids is 1. The maximum Gasteiger partial charge on any atom is 0.251 e. The van der Waals surface area contributed by atoms with E-state index in [0.29, 0.717) is 22.0 Å². The molecular weight excluding hydrogens is 342 g/mol. The highest BCUT2D eigenvalue weighted by molar-refractivity contribution is 9.10. The van der Waals surface area contributed by atoms with Gasteiger partial charge >= 0.3 is 0 Å². The number of carbonyl (C=O) groups is 1. The minimum atomic E-state index is -0.168. The van der Waals surface area contributed by atoms with Crippen LogP contribution in [0, 0.1) is 0 Å². The smallest absolute Gasteiger partial charge is 0.251 e. The average Bonchev–Trinajstić information content (AvgIpc) is 2.45. The molecule has 0 unspecified atom stereocenters. The molecule has 0 aromatic heterocycles. The lowest BCUT2D eigenvalue weighted by Gasteiger charge is -2.13. The predicted molar refractivity (Wildman–Crippen MR) is 86.7 cm³/mol. The van der Waals surface area contributed by atoms with Crippen molar-refractivity contribution >= 4 is 50.5 Å². The van der Waals surface area contributed by atoms with E-state index in [2.05, 4.69) is 26.6 Å². The SMILES string of the molecule is CNC(=O)c1ccc(N)c(Nc2cccc(Cl)c2Br)c1. The van der Waals surface area contributed by atoms with Crippen LogP contribution < -0.4 is 16.4 Å². The number of nitrogens with two attached hydrogens (primary N) is 1. The lowest BCUT2D eigenvalue weighted by molar-refractivity contribution is 0.0963. The van der Waals surface area contributed by atoms with Crippen LogP contribution >= 0.6 is 27.5 Å². The van der Waals surface area contributed by atoms with Gasteiger partial charge in [0.1, 0.15) is 0 Å². The van der Waals surface area contributed by atoms with Crippen molar-refractivity contribution in [3.63, 3.8) is 0 Å². The first-order valence-corrected chi connectivity index (χ1v) is 7.02. The van der Waals surface area contributed by atoms with Crippen LogP contribution in [0.25, 0.3) is 0 Å². The Morgan fingerprint density at radius 3 is 2.70 bits per heavy atom. The normalized spacial score (nSPS) is 10.2. The molecule has 0 aliphatic carbocycles. The predicted octanol–water partition coefficient (Wildman–Crippen LogP) is 3.79. The highest BCUT2D eigenvalue weighted by atomic mass is 79.9. The Morgan fingerprint density at radius 1 is 1.25 bits per heavy atom. The molecule has 20 heavy (non-hydrogen) atoms. The van der Waals surface area contributed by atoms with Gasteiger partial charge in [0, 0.05) is 12.6 Å². The molecule has 0 radical (unpaired) electrons. The van der Waals surface area contributed by atoms with Gasteiger partial charge in [0.25, 0.3) is 5.91 Å². The fourth-order valence-corrected chi connectivity index (χ4v) is 2.23. The Kier molecular flexibility index (Phi) is 4.52. The maximum absolute atomic E-state index is 11.6. The Bertz CT molecular complexity index is 661. The van der Waals surface area contributed by atoms with E-state index in [0.717, 1.165) is 10.2 Å². The number of hydrogen-bond donors (Lipinski definition) is 3. The minimum absolute atomic E-state index is 0.168. The Balaban J connectivity index is 2.38. The summed E-state index contributed by atoms with van der Waals surface area (Å²) in [5.74, 6) is -0.168. The van der Waals surface area contributed by atoms with Crippen LogP contribution in [0.3, 0.4) is 0 Å². The van der Waals surface area contributed by atoms with Crippen molar-refractivity contribution in [1.29, 1.82) is 0 Å². The maximum atomic E-state index is 11.6. The summed E-state index contributed by atoms with van der Waals surface area (Å²) in [6, 6.07) is 10.5. The van der Waals surface area contributed by atoms with Crippen molar-refractivity contribution in [3.8, 4) is 0 Å². The lowest BCUT2D eigenvalue weighted by atomic mass is 10.1. The quantitative estimate of drug-likeness (QED) is 0.735. The molecule has 4 N–H and O–H groups in total. The second kappa shape index (κ2) is 6.15. The van der Waals surface area contributed by atoms with E-state index in [1.807, 2.05) is 12.1 Å². The van der Waals surface area contributed by atoms with E-state index < -0.39 is 0 Å². The van der Waals surface area contributed by atoms with Gasteiger partial charge < -0.3 is 16.4 Å². The Morgan fingerprint density at radius 2 is 2.00 bits per heavy atom. The van der Waals surface area contributed by atoms with Crippen LogP contribution in [0.4, 0.5) is 17.1 Å². The molecule has 0 heterocycles. The van der Waals surface area contributed by atoms with Gasteiger partial charge in [-0.25, -0.2) is 0 Å². The second-order valence-electron chi connectivity index (χ2n) is 4.11. The summed E-state index contributed by atoms with van der Waals surface area (Å²) in [5.41, 5.74) is 8.42. The molecule has 1 amide bonds. The van der Waals surface area contributed by atoms with Crippen LogP contribution in [0.1, 0.15) is 10.4 Å². The van der Waals surface area contributed by atoms with Crippen molar-refractivity contribution in [2.24, 2.45) is 0 Å². The van der Waals surface area contributed by atoms with E-state index in [-0.39, 0.29) is 5.91 Å². The standard InChI is InChI=1S/C14H13BrClN3O/c1-18-14(20)8-5-6-10(17)12(7-8)19-11-4-2-3-9(16)13(11)15/h2-7,19H,17H2,1H3,(H,18,20). The largest absolute Gasteiger partial charge is 0.397 e. The summed E-state index contributed by atoms with van der Waals surface area (Å²) in [7, 11) is 1.58. The van der Waals surface area contributed by atoms with Gasteiger partial charge in [-0.05, 0) is 46.3 Å². The molecule has 2 aromatic rings. The molecule has 0 bridgehead atoms. The highest BCUT2D eigenvalue weighted by Gasteiger charge is 2.09. The number of halogens is 2. The topological polar surface area (TPSA) is 67.2 Å². The molecule has 2 aromatic carbocycles. The molecule has 0 aliphatic heterocycles. The van der Waals surface area contributed by atoms with Crippen molar-refractivity contribution in [2.75, 3.05) is 18.1 Å². The zero-order chi connectivity index (χ0) is 14.7. The first kappa shape index (κ1) is 14.7. The number of nitrogen functional groups attached to an aromatic ring is 1. The van der Waals surface area contributed by atoms with E-state index in [1.165, 1.54) is 0 Å². The summed E-state index contributed by atoms with van der Waals surface area (Å²) < 4.78 is 0.742. The van der Waals surface area contributed by atoms with Crippen LogP contribution in [0.2, 0.25) is 5.02 Å². The van der Waals surface area contributed by atoms with Gasteiger partial charge in [0.05, 0.1) is 26.6 Å². The fraction of sp³-hybridized carbons (Fsp3) is 0.0714. The summed E-state index contributed by atoms with van der Waals surface area (Å²) in [4.78, 5) is 11.6. The highest BCUT2D eigenvalue weighted by Crippen LogP contribution is 2.33. The molecule has 2 rings (SSSR count). The second-order valence-corrected chi connectivity index (χ2v) is 5.31. The third kappa shape index (κ3) is 3.05. The van der Waals surface area contributed by atoms with Crippen molar-refractivity contribution in [3.05, 3.63) is 51.5 Å². The third-order valence-electron chi connectivity index (χ3n) is 2.76. The van der Waals surface area contributed by atoms with E-state index >= 15 is 0 Å². The van der Waals surface area contributed by atoms with Gasteiger partial charge in [-0.1, -0.05) is 17.7 Å². The molecule has 0 spiro atoms. The monoisotopic (exact) mass is 353 g/mol. The summed E-state index contributed by atoms with van der Waals surface area (Å²) in [6.07, 6.45) is 0. The number of anilines is 3. The number of amides is 1. The number of nitrogens with one attached hydrogen (secondary N) is 2. The number of hydrogen-bond acceptors (Lipinski definition) is 3. The van der Waals surface area contributed by atoms with Crippen molar-refractivity contribution < 1.29 is 4.79 Å². The molecule has 0 fully saturated rings. The molecule has 0 atom stereocenters. The molecule has 104 valence electrons. The minimum Gasteiger partial charge on any atom is -0.397 e. The summed E-state index contributed by atoms with van der Waals surface area (Å²) in [6.45, 7) is 0. The fourth-order valence-electron chi connectivity index (χ4n) is 1.70. The average molecular weight is 355 g/mol. The molecular formula is C14H13BrClN3O. The molecule has 6 heteroatoms. The molecule has 0 saturated carbocycles. The molecule has 4 nitrogen and oxygen atoms in total. The number of benzene rings is 2. The van der Waals surface area contributed by atoms with E-state index in [1.54, 1.807) is 31.3 Å². The van der Waals surface area contributed by atoms with Gasteiger partial charge in [-0.3, -0.25) is 4.79 Å². The van der Waals surface area contributed by atoms with Crippen LogP contribution in [0.5, 0.6) is 0 Å². The van der Waals surface area contributed by atoms with Gasteiger partial charge in [0.15, 0.2) is 0 Å². The van der Waals surface area contributed by atoms with Gasteiger partial charge in [0.2, 0.25) is 0 Å². The Labute approximate surface area is 130 Å². The zero-order valence-corrected chi connectivity index (χ0v) is 13.0. The first-order valence-electron chi connectivity index (χ1n) is 5.85. The summed E-state index contributed by atoms with van der Waals surface area (Å²) >= 11 is 9.45. The third-order valence-corrected chi connectivity index (χ3v) is 4.16. The van der Waals surface area contributed by atoms with Crippen LogP contribution in [-0.2, 0) is 0 Å². The van der Waals surface area contributed by atoms with E-state index in [9.17, 15) is 4.79 Å². The van der Waals surface area contributed by atoms with Crippen molar-refractivity contribution in [2.45, 2.75) is 0 Å². The van der Waals surface area contributed by atoms with Gasteiger partial charge in [-0.15, -0.1) is 0 Å².